The van der Waals surface area contributed by atoms with Gasteiger partial charge in [0, 0.05) is 5.41 Å². The van der Waals surface area contributed by atoms with Gasteiger partial charge in [-0.15, -0.1) is 0 Å². The van der Waals surface area contributed by atoms with Gasteiger partial charge in [-0.05, 0) is 62.3 Å². The molecular weight excluding hydrogens is 412 g/mol. The molecule has 0 amide bonds. The van der Waals surface area contributed by atoms with Crippen LogP contribution in [0, 0.1) is 10.8 Å². The van der Waals surface area contributed by atoms with Crippen LogP contribution in [0.2, 0.25) is 0 Å². The van der Waals surface area contributed by atoms with Crippen LogP contribution in [0.25, 0.3) is 0 Å². The summed E-state index contributed by atoms with van der Waals surface area (Å²) < 4.78 is 5.22. The first-order valence-corrected chi connectivity index (χ1v) is 12.5. The smallest absolute Gasteiger partial charge is 0.329 e. The number of ether oxygens (including phenoxy) is 1. The molecule has 0 saturated heterocycles. The molecule has 33 heavy (non-hydrogen) atoms. The van der Waals surface area contributed by atoms with Gasteiger partial charge in [-0.3, -0.25) is 0 Å². The van der Waals surface area contributed by atoms with Crippen molar-refractivity contribution in [1.29, 1.82) is 0 Å². The Morgan fingerprint density at radius 2 is 1.91 bits per heavy atom. The van der Waals surface area contributed by atoms with Gasteiger partial charge >= 0.3 is 5.97 Å². The van der Waals surface area contributed by atoms with Crippen molar-refractivity contribution in [3.8, 4) is 0 Å². The summed E-state index contributed by atoms with van der Waals surface area (Å²) in [5, 5.41) is 19.7. The molecule has 0 heterocycles. The average Bonchev–Trinajstić information content (AvgIpc) is 2.77. The lowest BCUT2D eigenvalue weighted by Crippen LogP contribution is -2.40. The van der Waals surface area contributed by atoms with Crippen LogP contribution in [0.5, 0.6) is 0 Å². The number of rotatable bonds is 12. The number of aliphatic carboxylic acids is 1. The molecule has 180 valence electrons. The van der Waals surface area contributed by atoms with E-state index in [1.807, 2.05) is 12.2 Å². The molecule has 2 N–H and O–H groups in total. The second-order valence-electron chi connectivity index (χ2n) is 10.0. The van der Waals surface area contributed by atoms with Gasteiger partial charge in [0.2, 0.25) is 0 Å². The standard InChI is InChI=1S/C29H40O4/c1-28(17-7-5-14-25(28)16-22-33-23-27(31)32)18-8-6-15-26(30)29(20-10-21-29)19-9-13-24-11-3-2-4-12-24/h2-4,6,8,11-12,15-16,18,26,30H,5,7,9-10,13-14,17,19-23H2,1H3,(H,31,32)/b15-6+,18-8+,25-16+/t26-,28-/m0/s1. The third-order valence-corrected chi connectivity index (χ3v) is 7.63. The molecule has 0 bridgehead atoms. The lowest BCUT2D eigenvalue weighted by Gasteiger charge is -2.45. The van der Waals surface area contributed by atoms with Gasteiger partial charge in [0.1, 0.15) is 6.61 Å². The molecule has 2 fully saturated rings. The van der Waals surface area contributed by atoms with E-state index in [-0.39, 0.29) is 17.4 Å². The van der Waals surface area contributed by atoms with Crippen LogP contribution in [0.1, 0.15) is 70.3 Å². The first-order chi connectivity index (χ1) is 15.9. The van der Waals surface area contributed by atoms with Crippen LogP contribution < -0.4 is 0 Å². The monoisotopic (exact) mass is 452 g/mol. The van der Waals surface area contributed by atoms with E-state index in [2.05, 4.69) is 55.5 Å². The van der Waals surface area contributed by atoms with Crippen molar-refractivity contribution in [2.45, 2.75) is 77.2 Å². The molecular formula is C29H40O4. The Hall–Kier alpha value is -2.17. The molecule has 0 aromatic heterocycles. The van der Waals surface area contributed by atoms with Crippen LogP contribution >= 0.6 is 0 Å². The van der Waals surface area contributed by atoms with Crippen LogP contribution in [0.4, 0.5) is 0 Å². The zero-order valence-corrected chi connectivity index (χ0v) is 20.0. The van der Waals surface area contributed by atoms with Gasteiger partial charge in [-0.2, -0.15) is 0 Å². The molecule has 3 rings (SSSR count). The highest BCUT2D eigenvalue weighted by Crippen LogP contribution is 2.48. The fraction of sp³-hybridized carbons (Fsp3) is 0.552. The predicted octanol–water partition coefficient (Wildman–Crippen LogP) is 6.26. The number of allylic oxidation sites excluding steroid dienone is 4. The third kappa shape index (κ3) is 7.41. The van der Waals surface area contributed by atoms with Crippen LogP contribution in [-0.2, 0) is 16.0 Å². The van der Waals surface area contributed by atoms with Crippen molar-refractivity contribution in [2.24, 2.45) is 10.8 Å². The zero-order chi connectivity index (χ0) is 23.6. The quantitative estimate of drug-likeness (QED) is 0.223. The largest absolute Gasteiger partial charge is 0.480 e. The van der Waals surface area contributed by atoms with Crippen LogP contribution in [-0.4, -0.2) is 35.5 Å². The van der Waals surface area contributed by atoms with E-state index < -0.39 is 12.1 Å². The van der Waals surface area contributed by atoms with Crippen molar-refractivity contribution < 1.29 is 19.7 Å². The Bertz CT molecular complexity index is 834. The van der Waals surface area contributed by atoms with E-state index in [0.717, 1.165) is 51.4 Å². The molecule has 0 unspecified atom stereocenters. The zero-order valence-electron chi connectivity index (χ0n) is 20.0. The summed E-state index contributed by atoms with van der Waals surface area (Å²) in [5.41, 5.74) is 2.70. The van der Waals surface area contributed by atoms with Crippen molar-refractivity contribution in [1.82, 2.24) is 0 Å². The fourth-order valence-electron chi connectivity index (χ4n) is 5.34. The molecule has 1 aromatic rings. The Balaban J connectivity index is 1.53. The maximum atomic E-state index is 11.0. The molecule has 2 saturated carbocycles. The first-order valence-electron chi connectivity index (χ1n) is 12.5. The lowest BCUT2D eigenvalue weighted by atomic mass is 9.62. The summed E-state index contributed by atoms with van der Waals surface area (Å²) in [4.78, 5) is 10.6. The van der Waals surface area contributed by atoms with Crippen molar-refractivity contribution >= 4 is 5.97 Å². The van der Waals surface area contributed by atoms with Gasteiger partial charge in [0.25, 0.3) is 0 Å². The molecule has 4 nitrogen and oxygen atoms in total. The Kier molecular flexibility index (Phi) is 9.52. The second-order valence-corrected chi connectivity index (χ2v) is 10.0. The SMILES string of the molecule is C[C@@]1(/C=C/C=C/[C@H](O)C2(CCCc3ccccc3)CCC2)CCCC/C1=C\COCC(=O)O. The van der Waals surface area contributed by atoms with Crippen molar-refractivity contribution in [3.05, 3.63) is 71.8 Å². The number of hydrogen-bond donors (Lipinski definition) is 2. The molecule has 2 aliphatic rings. The third-order valence-electron chi connectivity index (χ3n) is 7.63. The van der Waals surface area contributed by atoms with Crippen molar-refractivity contribution in [3.63, 3.8) is 0 Å². The number of hydrogen-bond acceptors (Lipinski definition) is 3. The van der Waals surface area contributed by atoms with Gasteiger partial charge in [-0.25, -0.2) is 4.79 Å². The number of aryl methyl sites for hydroxylation is 1. The molecule has 0 radical (unpaired) electrons. The molecule has 0 spiro atoms. The van der Waals surface area contributed by atoms with E-state index in [9.17, 15) is 9.90 Å². The summed E-state index contributed by atoms with van der Waals surface area (Å²) in [5.74, 6) is -0.937. The maximum absolute atomic E-state index is 11.0. The molecule has 2 atom stereocenters. The second kappa shape index (κ2) is 12.3. The minimum Gasteiger partial charge on any atom is -0.480 e. The van der Waals surface area contributed by atoms with E-state index in [0.29, 0.717) is 6.61 Å². The summed E-state index contributed by atoms with van der Waals surface area (Å²) in [6, 6.07) is 10.6. The van der Waals surface area contributed by atoms with E-state index in [1.165, 1.54) is 24.0 Å². The van der Waals surface area contributed by atoms with Gasteiger partial charge < -0.3 is 14.9 Å². The normalized spacial score (nSPS) is 24.8. The minimum atomic E-state index is -0.937. The fourth-order valence-corrected chi connectivity index (χ4v) is 5.34. The first kappa shape index (κ1) is 25.5. The summed E-state index contributed by atoms with van der Waals surface area (Å²) in [6.45, 7) is 2.32. The number of carbonyl (C=O) groups is 1. The Morgan fingerprint density at radius 1 is 1.12 bits per heavy atom. The number of aliphatic hydroxyl groups excluding tert-OH is 1. The van der Waals surface area contributed by atoms with E-state index in [4.69, 9.17) is 9.84 Å². The molecule has 2 aliphatic carbocycles. The van der Waals surface area contributed by atoms with Gasteiger partial charge in [-0.1, -0.05) is 86.1 Å². The number of aliphatic hydroxyl groups is 1. The Morgan fingerprint density at radius 3 is 2.61 bits per heavy atom. The highest BCUT2D eigenvalue weighted by Gasteiger charge is 2.41. The highest BCUT2D eigenvalue weighted by molar-refractivity contribution is 5.68. The lowest BCUT2D eigenvalue weighted by molar-refractivity contribution is -0.141. The number of benzene rings is 1. The van der Waals surface area contributed by atoms with E-state index in [1.54, 1.807) is 0 Å². The molecule has 0 aliphatic heterocycles. The Labute approximate surface area is 199 Å². The number of carboxylic acid groups (broad SMARTS) is 1. The van der Waals surface area contributed by atoms with Gasteiger partial charge in [0.05, 0.1) is 12.7 Å². The van der Waals surface area contributed by atoms with Gasteiger partial charge in [0.15, 0.2) is 0 Å². The topological polar surface area (TPSA) is 66.8 Å². The maximum Gasteiger partial charge on any atom is 0.329 e. The summed E-state index contributed by atoms with van der Waals surface area (Å²) >= 11 is 0. The summed E-state index contributed by atoms with van der Waals surface area (Å²) in [7, 11) is 0. The summed E-state index contributed by atoms with van der Waals surface area (Å²) in [6.07, 6.45) is 21.1. The molecule has 4 heteroatoms. The predicted molar refractivity (Wildman–Crippen MR) is 133 cm³/mol. The van der Waals surface area contributed by atoms with Crippen molar-refractivity contribution in [2.75, 3.05) is 13.2 Å². The van der Waals surface area contributed by atoms with Crippen LogP contribution in [0.3, 0.4) is 0 Å². The number of carboxylic acids is 1. The average molecular weight is 453 g/mol. The van der Waals surface area contributed by atoms with E-state index >= 15 is 0 Å². The van der Waals surface area contributed by atoms with Crippen LogP contribution in [0.15, 0.2) is 66.3 Å². The highest BCUT2D eigenvalue weighted by atomic mass is 16.5. The molecule has 1 aromatic carbocycles. The minimum absolute atomic E-state index is 0.0377.